The Morgan fingerprint density at radius 3 is 2.87 bits per heavy atom. The molecular weight excluding hydrogens is 192 g/mol. The summed E-state index contributed by atoms with van der Waals surface area (Å²) in [5.74, 6) is -0.411. The fourth-order valence-electron chi connectivity index (χ4n) is 2.05. The molecule has 0 N–H and O–H groups in total. The van der Waals surface area contributed by atoms with Gasteiger partial charge in [0.05, 0.1) is 13.0 Å². The highest BCUT2D eigenvalue weighted by atomic mass is 16.5. The van der Waals surface area contributed by atoms with Gasteiger partial charge in [-0.2, -0.15) is 0 Å². The molecule has 84 valence electrons. The predicted molar refractivity (Wildman–Crippen MR) is 57.3 cm³/mol. The van der Waals surface area contributed by atoms with E-state index in [4.69, 9.17) is 4.74 Å². The lowest BCUT2D eigenvalue weighted by Gasteiger charge is -2.13. The Morgan fingerprint density at radius 1 is 1.53 bits per heavy atom. The normalized spacial score (nSPS) is 26.1. The van der Waals surface area contributed by atoms with Crippen molar-refractivity contribution in [2.75, 3.05) is 7.11 Å². The molecule has 1 aliphatic rings. The van der Waals surface area contributed by atoms with Crippen molar-refractivity contribution >= 4 is 11.8 Å². The molecule has 1 rings (SSSR count). The third-order valence-corrected chi connectivity index (χ3v) is 2.90. The molecule has 3 nitrogen and oxygen atoms in total. The number of hydrogen-bond acceptors (Lipinski definition) is 3. The Labute approximate surface area is 90.5 Å². The van der Waals surface area contributed by atoms with Crippen molar-refractivity contribution < 1.29 is 14.3 Å². The SMILES string of the molecule is CC/C=C\CC1C(=O)CCC1C(=O)OC. The maximum Gasteiger partial charge on any atom is 0.309 e. The van der Waals surface area contributed by atoms with Gasteiger partial charge in [-0.25, -0.2) is 0 Å². The number of ketones is 1. The van der Waals surface area contributed by atoms with Crippen molar-refractivity contribution in [2.45, 2.75) is 32.6 Å². The van der Waals surface area contributed by atoms with Crippen LogP contribution in [-0.4, -0.2) is 18.9 Å². The van der Waals surface area contributed by atoms with Gasteiger partial charge in [-0.05, 0) is 19.3 Å². The van der Waals surface area contributed by atoms with Gasteiger partial charge in [-0.15, -0.1) is 0 Å². The van der Waals surface area contributed by atoms with Crippen LogP contribution in [0, 0.1) is 11.8 Å². The first kappa shape index (κ1) is 12.0. The highest BCUT2D eigenvalue weighted by Crippen LogP contribution is 2.32. The van der Waals surface area contributed by atoms with Gasteiger partial charge in [0, 0.05) is 12.3 Å². The number of Topliss-reactive ketones (excluding diaryl/α,β-unsaturated/α-hetero) is 1. The zero-order valence-corrected chi connectivity index (χ0v) is 9.36. The molecule has 0 aromatic rings. The highest BCUT2D eigenvalue weighted by Gasteiger charge is 2.38. The molecule has 0 aliphatic heterocycles. The molecular formula is C12H18O3. The van der Waals surface area contributed by atoms with Crippen LogP contribution in [0.3, 0.4) is 0 Å². The van der Waals surface area contributed by atoms with Crippen LogP contribution < -0.4 is 0 Å². The maximum absolute atomic E-state index is 11.6. The zero-order chi connectivity index (χ0) is 11.3. The molecule has 0 amide bonds. The van der Waals surface area contributed by atoms with E-state index in [0.717, 1.165) is 6.42 Å². The molecule has 3 heteroatoms. The first-order valence-electron chi connectivity index (χ1n) is 5.46. The molecule has 1 fully saturated rings. The number of allylic oxidation sites excluding steroid dienone is 2. The fourth-order valence-corrected chi connectivity index (χ4v) is 2.05. The van der Waals surface area contributed by atoms with Gasteiger partial charge in [0.2, 0.25) is 0 Å². The standard InChI is InChI=1S/C12H18O3/c1-3-4-5-6-9-10(12(14)15-2)7-8-11(9)13/h4-5,9-10H,3,6-8H2,1-2H3/b5-4-. The topological polar surface area (TPSA) is 43.4 Å². The molecule has 15 heavy (non-hydrogen) atoms. The number of ether oxygens (including phenoxy) is 1. The van der Waals surface area contributed by atoms with Gasteiger partial charge >= 0.3 is 5.97 Å². The maximum atomic E-state index is 11.6. The molecule has 0 aromatic carbocycles. The Balaban J connectivity index is 2.60. The minimum Gasteiger partial charge on any atom is -0.469 e. The van der Waals surface area contributed by atoms with E-state index in [9.17, 15) is 9.59 Å². The number of rotatable bonds is 4. The van der Waals surface area contributed by atoms with E-state index >= 15 is 0 Å². The second-order valence-corrected chi connectivity index (χ2v) is 3.86. The van der Waals surface area contributed by atoms with E-state index in [1.165, 1.54) is 7.11 Å². The van der Waals surface area contributed by atoms with Crippen LogP contribution in [0.25, 0.3) is 0 Å². The number of carbonyl (C=O) groups is 2. The summed E-state index contributed by atoms with van der Waals surface area (Å²) in [6.07, 6.45) is 6.82. The average molecular weight is 210 g/mol. The highest BCUT2D eigenvalue weighted by molar-refractivity contribution is 5.90. The van der Waals surface area contributed by atoms with Crippen LogP contribution in [0.15, 0.2) is 12.2 Å². The van der Waals surface area contributed by atoms with Gasteiger partial charge < -0.3 is 4.74 Å². The van der Waals surface area contributed by atoms with E-state index in [2.05, 4.69) is 0 Å². The van der Waals surface area contributed by atoms with Crippen LogP contribution in [0.4, 0.5) is 0 Å². The summed E-state index contributed by atoms with van der Waals surface area (Å²) in [4.78, 5) is 23.0. The van der Waals surface area contributed by atoms with Gasteiger partial charge in [0.1, 0.15) is 5.78 Å². The number of hydrogen-bond donors (Lipinski definition) is 0. The van der Waals surface area contributed by atoms with Crippen LogP contribution in [-0.2, 0) is 14.3 Å². The van der Waals surface area contributed by atoms with Gasteiger partial charge in [-0.1, -0.05) is 19.1 Å². The largest absolute Gasteiger partial charge is 0.469 e. The molecule has 1 saturated carbocycles. The first-order chi connectivity index (χ1) is 7.20. The van der Waals surface area contributed by atoms with Crippen LogP contribution in [0.1, 0.15) is 32.6 Å². The molecule has 0 bridgehead atoms. The number of carbonyl (C=O) groups excluding carboxylic acids is 2. The Morgan fingerprint density at radius 2 is 2.27 bits per heavy atom. The summed E-state index contributed by atoms with van der Waals surface area (Å²) in [5.41, 5.74) is 0. The third kappa shape index (κ3) is 2.91. The summed E-state index contributed by atoms with van der Waals surface area (Å²) in [5, 5.41) is 0. The first-order valence-corrected chi connectivity index (χ1v) is 5.46. The van der Waals surface area contributed by atoms with Crippen molar-refractivity contribution in [1.82, 2.24) is 0 Å². The molecule has 2 unspecified atom stereocenters. The van der Waals surface area contributed by atoms with E-state index in [0.29, 0.717) is 19.3 Å². The molecule has 0 spiro atoms. The van der Waals surface area contributed by atoms with Crippen molar-refractivity contribution in [2.24, 2.45) is 11.8 Å². The Hall–Kier alpha value is -1.12. The number of esters is 1. The summed E-state index contributed by atoms with van der Waals surface area (Å²) >= 11 is 0. The van der Waals surface area contributed by atoms with Gasteiger partial charge in [-0.3, -0.25) is 9.59 Å². The van der Waals surface area contributed by atoms with Crippen LogP contribution in [0.2, 0.25) is 0 Å². The van der Waals surface area contributed by atoms with E-state index in [-0.39, 0.29) is 23.6 Å². The van der Waals surface area contributed by atoms with Crippen molar-refractivity contribution in [3.8, 4) is 0 Å². The minimum atomic E-state index is -0.240. The van der Waals surface area contributed by atoms with Crippen molar-refractivity contribution in [3.05, 3.63) is 12.2 Å². The lowest BCUT2D eigenvalue weighted by Crippen LogP contribution is -2.23. The lowest BCUT2D eigenvalue weighted by molar-refractivity contribution is -0.147. The molecule has 0 heterocycles. The summed E-state index contributed by atoms with van der Waals surface area (Å²) in [6.45, 7) is 2.05. The van der Waals surface area contributed by atoms with Crippen LogP contribution in [0.5, 0.6) is 0 Å². The molecule has 0 aromatic heterocycles. The average Bonchev–Trinajstić information content (AvgIpc) is 2.60. The Kier molecular flexibility index (Phi) is 4.53. The van der Waals surface area contributed by atoms with Crippen molar-refractivity contribution in [1.29, 1.82) is 0 Å². The van der Waals surface area contributed by atoms with E-state index in [1.807, 2.05) is 19.1 Å². The molecule has 0 saturated heterocycles. The second kappa shape index (κ2) is 5.69. The van der Waals surface area contributed by atoms with Gasteiger partial charge in [0.25, 0.3) is 0 Å². The lowest BCUT2D eigenvalue weighted by atomic mass is 9.92. The quantitative estimate of drug-likeness (QED) is 0.527. The second-order valence-electron chi connectivity index (χ2n) is 3.86. The third-order valence-electron chi connectivity index (χ3n) is 2.90. The summed E-state index contributed by atoms with van der Waals surface area (Å²) in [6, 6.07) is 0. The Bertz CT molecular complexity index is 268. The monoisotopic (exact) mass is 210 g/mol. The molecule has 0 radical (unpaired) electrons. The van der Waals surface area contributed by atoms with Crippen LogP contribution >= 0.6 is 0 Å². The predicted octanol–water partition coefficient (Wildman–Crippen LogP) is 2.11. The zero-order valence-electron chi connectivity index (χ0n) is 9.36. The van der Waals surface area contributed by atoms with E-state index in [1.54, 1.807) is 0 Å². The van der Waals surface area contributed by atoms with Gasteiger partial charge in [0.15, 0.2) is 0 Å². The molecule has 1 aliphatic carbocycles. The minimum absolute atomic E-state index is 0.153. The molecule has 2 atom stereocenters. The smallest absolute Gasteiger partial charge is 0.309 e. The number of methoxy groups -OCH3 is 1. The van der Waals surface area contributed by atoms with Crippen molar-refractivity contribution in [3.63, 3.8) is 0 Å². The summed E-state index contributed by atoms with van der Waals surface area (Å²) < 4.78 is 4.70. The fraction of sp³-hybridized carbons (Fsp3) is 0.667. The summed E-state index contributed by atoms with van der Waals surface area (Å²) in [7, 11) is 1.38. The van der Waals surface area contributed by atoms with E-state index < -0.39 is 0 Å².